The zero-order valence-electron chi connectivity index (χ0n) is 17.9. The van der Waals surface area contributed by atoms with Crippen molar-refractivity contribution < 1.29 is 23.1 Å². The normalized spacial score (nSPS) is 15.5. The van der Waals surface area contributed by atoms with E-state index in [2.05, 4.69) is 10.3 Å². The van der Waals surface area contributed by atoms with Gasteiger partial charge in [-0.3, -0.25) is 9.36 Å². The van der Waals surface area contributed by atoms with Crippen LogP contribution in [-0.4, -0.2) is 27.7 Å². The number of benzene rings is 1. The van der Waals surface area contributed by atoms with E-state index >= 15 is 4.39 Å². The van der Waals surface area contributed by atoms with E-state index in [1.165, 1.54) is 11.3 Å². The number of hydrogen-bond donors (Lipinski definition) is 2. The molecule has 0 radical (unpaired) electrons. The number of carbonyl (C=O) groups is 1. The van der Waals surface area contributed by atoms with Crippen molar-refractivity contribution in [2.75, 3.05) is 7.05 Å². The fraction of sp³-hybridized carbons (Fsp3) is 0.208. The highest BCUT2D eigenvalue weighted by Gasteiger charge is 2.25. The number of carboxylic acids is 1. The molecule has 0 amide bonds. The van der Waals surface area contributed by atoms with Gasteiger partial charge in [-0.1, -0.05) is 0 Å². The molecule has 34 heavy (non-hydrogen) atoms. The summed E-state index contributed by atoms with van der Waals surface area (Å²) < 4.78 is 44.4. The van der Waals surface area contributed by atoms with E-state index in [0.29, 0.717) is 10.9 Å². The maximum absolute atomic E-state index is 15.2. The molecule has 4 aromatic rings. The lowest BCUT2D eigenvalue weighted by atomic mass is 9.94. The Morgan fingerprint density at radius 2 is 2.00 bits per heavy atom. The molecular formula is C24H18F3N3O3S. The van der Waals surface area contributed by atoms with Crippen molar-refractivity contribution in [3.05, 3.63) is 80.2 Å². The first kappa shape index (κ1) is 22.3. The molecule has 0 aliphatic heterocycles. The maximum atomic E-state index is 15.2. The molecule has 6 nitrogen and oxygen atoms in total. The first-order chi connectivity index (χ1) is 16.3. The Labute approximate surface area is 195 Å². The van der Waals surface area contributed by atoms with Crippen LogP contribution in [0.4, 0.5) is 13.2 Å². The van der Waals surface area contributed by atoms with E-state index in [-0.39, 0.29) is 28.5 Å². The van der Waals surface area contributed by atoms with Crippen molar-refractivity contribution in [3.8, 4) is 16.3 Å². The van der Waals surface area contributed by atoms with Gasteiger partial charge in [0.1, 0.15) is 28.5 Å². The summed E-state index contributed by atoms with van der Waals surface area (Å²) in [5.74, 6) is -4.17. The number of aromatic carboxylic acids is 1. The topological polar surface area (TPSA) is 84.2 Å². The summed E-state index contributed by atoms with van der Waals surface area (Å²) in [5, 5.41) is 12.4. The summed E-state index contributed by atoms with van der Waals surface area (Å²) in [6, 6.07) is 5.67. The van der Waals surface area contributed by atoms with Crippen molar-refractivity contribution >= 4 is 28.3 Å². The minimum absolute atomic E-state index is 0.0273. The van der Waals surface area contributed by atoms with Gasteiger partial charge in [0.2, 0.25) is 5.43 Å². The Balaban J connectivity index is 1.80. The number of aromatic nitrogens is 2. The number of aryl methyl sites for hydroxylation is 1. The number of carboxylic acid groups (broad SMARTS) is 1. The van der Waals surface area contributed by atoms with Crippen LogP contribution in [0.3, 0.4) is 0 Å². The lowest BCUT2D eigenvalue weighted by Gasteiger charge is -2.21. The first-order valence-corrected chi connectivity index (χ1v) is 11.3. The van der Waals surface area contributed by atoms with E-state index < -0.39 is 34.4 Å². The van der Waals surface area contributed by atoms with E-state index in [1.54, 1.807) is 0 Å². The van der Waals surface area contributed by atoms with Gasteiger partial charge in [0.05, 0.1) is 16.0 Å². The maximum Gasteiger partial charge on any atom is 0.341 e. The molecule has 3 heterocycles. The summed E-state index contributed by atoms with van der Waals surface area (Å²) in [7, 11) is 1.86. The van der Waals surface area contributed by atoms with Crippen LogP contribution in [0, 0.1) is 17.5 Å². The zero-order chi connectivity index (χ0) is 24.1. The second-order valence-corrected chi connectivity index (χ2v) is 9.19. The molecule has 3 aromatic heterocycles. The molecule has 0 saturated heterocycles. The Hall–Kier alpha value is -3.50. The minimum Gasteiger partial charge on any atom is -0.477 e. The second kappa shape index (κ2) is 8.37. The van der Waals surface area contributed by atoms with Crippen LogP contribution in [0.25, 0.3) is 27.3 Å². The molecule has 10 heteroatoms. The number of nitrogens with one attached hydrogen (secondary N) is 1. The van der Waals surface area contributed by atoms with Crippen LogP contribution in [0.15, 0.2) is 41.3 Å². The van der Waals surface area contributed by atoms with Crippen LogP contribution < -0.4 is 10.7 Å². The van der Waals surface area contributed by atoms with Gasteiger partial charge in [-0.25, -0.2) is 22.9 Å². The Morgan fingerprint density at radius 1 is 1.21 bits per heavy atom. The molecule has 1 aliphatic rings. The standard InChI is InChI=1S/C24H18F3N3O3S/c1-28-17-3-2-4-19-12(17)9-20(34-19)21-16(27)8-13-22(31)14(24(32)33)10-30(23(13)29-21)18-6-5-11(25)7-15(18)26/h5-10,17,28H,2-4H2,1H3,(H,32,33). The Bertz CT molecular complexity index is 1530. The third kappa shape index (κ3) is 3.59. The molecule has 0 spiro atoms. The van der Waals surface area contributed by atoms with Crippen LogP contribution >= 0.6 is 11.3 Å². The third-order valence-electron chi connectivity index (χ3n) is 6.03. The lowest BCUT2D eigenvalue weighted by molar-refractivity contribution is 0.0695. The summed E-state index contributed by atoms with van der Waals surface area (Å²) >= 11 is 1.40. The van der Waals surface area contributed by atoms with Crippen molar-refractivity contribution in [2.45, 2.75) is 25.3 Å². The molecule has 2 N–H and O–H groups in total. The van der Waals surface area contributed by atoms with Gasteiger partial charge < -0.3 is 10.4 Å². The number of rotatable bonds is 4. The quantitative estimate of drug-likeness (QED) is 0.433. The fourth-order valence-electron chi connectivity index (χ4n) is 4.38. The highest BCUT2D eigenvalue weighted by molar-refractivity contribution is 7.15. The van der Waals surface area contributed by atoms with E-state index in [4.69, 9.17) is 0 Å². The van der Waals surface area contributed by atoms with Gasteiger partial charge in [-0.15, -0.1) is 11.3 Å². The molecule has 0 bridgehead atoms. The number of halogens is 3. The van der Waals surface area contributed by atoms with Gasteiger partial charge in [0.25, 0.3) is 0 Å². The minimum atomic E-state index is -1.56. The van der Waals surface area contributed by atoms with E-state index in [9.17, 15) is 23.5 Å². The fourth-order valence-corrected chi connectivity index (χ4v) is 5.64. The third-order valence-corrected chi connectivity index (χ3v) is 7.24. The smallest absolute Gasteiger partial charge is 0.341 e. The largest absolute Gasteiger partial charge is 0.477 e. The molecule has 174 valence electrons. The number of hydrogen-bond acceptors (Lipinski definition) is 5. The molecule has 1 aromatic carbocycles. The molecule has 1 unspecified atom stereocenters. The zero-order valence-corrected chi connectivity index (χ0v) is 18.7. The predicted molar refractivity (Wildman–Crippen MR) is 122 cm³/mol. The molecule has 5 rings (SSSR count). The summed E-state index contributed by atoms with van der Waals surface area (Å²) in [4.78, 5) is 30.5. The SMILES string of the molecule is CNC1CCCc2sc(-c3nc4c(cc3F)c(=O)c(C(=O)O)cn4-c3ccc(F)cc3F)cc21. The van der Waals surface area contributed by atoms with Crippen LogP contribution in [0.1, 0.15) is 39.7 Å². The number of thiophene rings is 1. The Morgan fingerprint density at radius 3 is 2.71 bits per heavy atom. The van der Waals surface area contributed by atoms with Crippen molar-refractivity contribution in [1.29, 1.82) is 0 Å². The first-order valence-electron chi connectivity index (χ1n) is 10.5. The lowest BCUT2D eigenvalue weighted by Crippen LogP contribution is -2.20. The number of nitrogens with zero attached hydrogens (tertiary/aromatic N) is 2. The summed E-state index contributed by atoms with van der Waals surface area (Å²) in [6.45, 7) is 0. The van der Waals surface area contributed by atoms with Gasteiger partial charge in [0.15, 0.2) is 5.82 Å². The van der Waals surface area contributed by atoms with Crippen molar-refractivity contribution in [1.82, 2.24) is 14.9 Å². The highest BCUT2D eigenvalue weighted by atomic mass is 32.1. The van der Waals surface area contributed by atoms with E-state index in [1.807, 2.05) is 13.1 Å². The summed E-state index contributed by atoms with van der Waals surface area (Å²) in [6.07, 6.45) is 3.73. The highest BCUT2D eigenvalue weighted by Crippen LogP contribution is 2.40. The number of fused-ring (bicyclic) bond motifs is 2. The van der Waals surface area contributed by atoms with Gasteiger partial charge >= 0.3 is 5.97 Å². The molecular weight excluding hydrogens is 467 g/mol. The monoisotopic (exact) mass is 485 g/mol. The van der Waals surface area contributed by atoms with Gasteiger partial charge in [-0.05, 0) is 56.1 Å². The molecule has 0 fully saturated rings. The van der Waals surface area contributed by atoms with Gasteiger partial charge in [-0.2, -0.15) is 0 Å². The van der Waals surface area contributed by atoms with Crippen molar-refractivity contribution in [3.63, 3.8) is 0 Å². The predicted octanol–water partition coefficient (Wildman–Crippen LogP) is 4.83. The molecule has 1 aliphatic carbocycles. The molecule has 0 saturated carbocycles. The average Bonchev–Trinajstić information content (AvgIpc) is 3.24. The van der Waals surface area contributed by atoms with Crippen molar-refractivity contribution in [2.24, 2.45) is 0 Å². The molecule has 1 atom stereocenters. The van der Waals surface area contributed by atoms with Crippen LogP contribution in [0.5, 0.6) is 0 Å². The second-order valence-electron chi connectivity index (χ2n) is 8.06. The summed E-state index contributed by atoms with van der Waals surface area (Å²) in [5.41, 5.74) is -0.944. The Kier molecular flexibility index (Phi) is 5.49. The van der Waals surface area contributed by atoms with Gasteiger partial charge in [0, 0.05) is 23.2 Å². The average molecular weight is 485 g/mol. The van der Waals surface area contributed by atoms with Crippen LogP contribution in [-0.2, 0) is 6.42 Å². The van der Waals surface area contributed by atoms with E-state index in [0.717, 1.165) is 58.7 Å². The van der Waals surface area contributed by atoms with Crippen LogP contribution in [0.2, 0.25) is 0 Å². The number of pyridine rings is 2.